The second kappa shape index (κ2) is 15.6. The largest absolute Gasteiger partial charge is 0.447 e. The van der Waals surface area contributed by atoms with Crippen LogP contribution in [0.15, 0.2) is 12.2 Å². The Bertz CT molecular complexity index is 1080. The van der Waals surface area contributed by atoms with Gasteiger partial charge in [-0.2, -0.15) is 0 Å². The maximum Gasteiger partial charge on any atom is 0.408 e. The summed E-state index contributed by atoms with van der Waals surface area (Å²) in [5.74, 6) is 3.96. The van der Waals surface area contributed by atoms with Crippen LogP contribution in [0.25, 0.3) is 0 Å². The van der Waals surface area contributed by atoms with Crippen LogP contribution in [0.2, 0.25) is 0 Å². The number of rotatable bonds is 13. The molecule has 9 nitrogen and oxygen atoms in total. The smallest absolute Gasteiger partial charge is 0.408 e. The number of carbonyl (C=O) groups excluding carboxylic acids is 2. The van der Waals surface area contributed by atoms with Crippen molar-refractivity contribution in [2.45, 2.75) is 123 Å². The van der Waals surface area contributed by atoms with Gasteiger partial charge in [0.15, 0.2) is 0 Å². The molecule has 0 radical (unpaired) electrons. The normalized spacial score (nSPS) is 38.7. The van der Waals surface area contributed by atoms with Crippen molar-refractivity contribution in [3.8, 4) is 12.3 Å². The average Bonchev–Trinajstić information content (AvgIpc) is 3.36. The molecule has 4 aliphatic rings. The number of aliphatic hydroxyl groups is 3. The molecule has 0 aromatic rings. The van der Waals surface area contributed by atoms with Crippen LogP contribution in [0.3, 0.4) is 0 Å². The van der Waals surface area contributed by atoms with Gasteiger partial charge in [-0.1, -0.05) is 33.8 Å². The van der Waals surface area contributed by atoms with E-state index in [1.807, 2.05) is 13.0 Å². The number of nitrogens with one attached hydrogen (secondary N) is 2. The van der Waals surface area contributed by atoms with Crippen molar-refractivity contribution in [1.82, 2.24) is 10.6 Å². The zero-order valence-corrected chi connectivity index (χ0v) is 27.9. The summed E-state index contributed by atoms with van der Waals surface area (Å²) in [4.78, 5) is 24.7. The summed E-state index contributed by atoms with van der Waals surface area (Å²) in [5, 5.41) is 38.5. The first kappa shape index (κ1) is 35.7. The molecule has 4 rings (SSSR count). The van der Waals surface area contributed by atoms with Gasteiger partial charge in [0.05, 0.1) is 24.9 Å². The molecular weight excluding hydrogens is 572 g/mol. The van der Waals surface area contributed by atoms with Crippen molar-refractivity contribution in [2.24, 2.45) is 46.3 Å². The third kappa shape index (κ3) is 7.89. The Morgan fingerprint density at radius 2 is 1.71 bits per heavy atom. The van der Waals surface area contributed by atoms with Crippen LogP contribution in [0.4, 0.5) is 4.79 Å². The maximum absolute atomic E-state index is 12.6. The third-order valence-electron chi connectivity index (χ3n) is 12.3. The minimum atomic E-state index is -0.771. The van der Waals surface area contributed by atoms with Crippen molar-refractivity contribution >= 4 is 12.0 Å². The summed E-state index contributed by atoms with van der Waals surface area (Å²) >= 11 is 0. The fourth-order valence-corrected chi connectivity index (χ4v) is 10.1. The minimum absolute atomic E-state index is 0.0305. The molecule has 9 heteroatoms. The number of aliphatic hydroxyl groups excluding tert-OH is 3. The summed E-state index contributed by atoms with van der Waals surface area (Å²) < 4.78 is 10.4. The van der Waals surface area contributed by atoms with Gasteiger partial charge in [-0.3, -0.25) is 4.79 Å². The highest BCUT2D eigenvalue weighted by atomic mass is 16.6. The van der Waals surface area contributed by atoms with Gasteiger partial charge in [0.25, 0.3) is 0 Å². The van der Waals surface area contributed by atoms with Crippen LogP contribution < -0.4 is 10.6 Å². The van der Waals surface area contributed by atoms with Crippen molar-refractivity contribution in [3.05, 3.63) is 12.2 Å². The summed E-state index contributed by atoms with van der Waals surface area (Å²) in [6.07, 6.45) is 15.0. The Hall–Kier alpha value is -2.12. The molecule has 12 unspecified atom stereocenters. The second-order valence-corrected chi connectivity index (χ2v) is 14.9. The van der Waals surface area contributed by atoms with E-state index in [2.05, 4.69) is 37.3 Å². The van der Waals surface area contributed by atoms with Gasteiger partial charge in [0.2, 0.25) is 5.91 Å². The number of alkyl carbamates (subject to hydrolysis) is 1. The molecule has 2 amide bonds. The first-order valence-corrected chi connectivity index (χ1v) is 17.4. The Labute approximate surface area is 270 Å². The van der Waals surface area contributed by atoms with E-state index in [1.165, 1.54) is 6.08 Å². The molecule has 12 atom stereocenters. The number of terminal acetylenes is 1. The Morgan fingerprint density at radius 1 is 0.978 bits per heavy atom. The van der Waals surface area contributed by atoms with E-state index in [0.29, 0.717) is 43.3 Å². The average molecular weight is 631 g/mol. The minimum Gasteiger partial charge on any atom is -0.447 e. The Balaban J connectivity index is 1.27. The molecule has 4 saturated carbocycles. The lowest BCUT2D eigenvalue weighted by Gasteiger charge is -2.63. The molecular formula is C36H58N2O7. The number of hydrogen-bond donors (Lipinski definition) is 5. The molecule has 0 bridgehead atoms. The van der Waals surface area contributed by atoms with Crippen LogP contribution in [0.5, 0.6) is 0 Å². The molecule has 0 saturated heterocycles. The van der Waals surface area contributed by atoms with Crippen LogP contribution in [-0.4, -0.2) is 71.6 Å². The fraction of sp³-hybridized carbons (Fsp3) is 0.833. The summed E-state index contributed by atoms with van der Waals surface area (Å²) in [5.41, 5.74) is 0.0851. The van der Waals surface area contributed by atoms with Crippen molar-refractivity contribution in [3.63, 3.8) is 0 Å². The molecule has 4 aliphatic carbocycles. The molecule has 45 heavy (non-hydrogen) atoms. The highest BCUT2D eigenvalue weighted by Crippen LogP contribution is 2.68. The zero-order valence-electron chi connectivity index (χ0n) is 27.9. The number of ether oxygens (including phenoxy) is 2. The van der Waals surface area contributed by atoms with E-state index in [1.54, 1.807) is 0 Å². The Morgan fingerprint density at radius 3 is 2.44 bits per heavy atom. The first-order valence-electron chi connectivity index (χ1n) is 17.4. The van der Waals surface area contributed by atoms with Gasteiger partial charge in [-0.25, -0.2) is 4.79 Å². The van der Waals surface area contributed by atoms with Crippen LogP contribution in [-0.2, 0) is 14.3 Å². The Kier molecular flexibility index (Phi) is 12.4. The van der Waals surface area contributed by atoms with Crippen molar-refractivity contribution < 1.29 is 34.4 Å². The lowest BCUT2D eigenvalue weighted by molar-refractivity contribution is -0.223. The quantitative estimate of drug-likeness (QED) is 0.0872. The van der Waals surface area contributed by atoms with E-state index in [0.717, 1.165) is 57.8 Å². The number of amides is 2. The van der Waals surface area contributed by atoms with Gasteiger partial charge < -0.3 is 35.4 Å². The SMILES string of the molecule is C#CCC(NC(=O)C=CCCC(C)C1CCC2C3C(O)C(O)C4CC(O)CCC4(C)C3CCC12C)NC(=O)OCCOCCC. The molecule has 4 fully saturated rings. The zero-order chi connectivity index (χ0) is 32.8. The highest BCUT2D eigenvalue weighted by Gasteiger charge is 2.65. The van der Waals surface area contributed by atoms with Gasteiger partial charge in [0.1, 0.15) is 12.8 Å². The monoisotopic (exact) mass is 630 g/mol. The molecule has 254 valence electrons. The number of hydrogen-bond acceptors (Lipinski definition) is 7. The molecule has 0 aromatic carbocycles. The van der Waals surface area contributed by atoms with E-state index in [4.69, 9.17) is 15.9 Å². The van der Waals surface area contributed by atoms with E-state index in [-0.39, 0.29) is 47.7 Å². The van der Waals surface area contributed by atoms with E-state index in [9.17, 15) is 24.9 Å². The second-order valence-electron chi connectivity index (χ2n) is 14.9. The summed E-state index contributed by atoms with van der Waals surface area (Å²) in [6.45, 7) is 10.1. The van der Waals surface area contributed by atoms with Gasteiger partial charge in [-0.05, 0) is 117 Å². The predicted molar refractivity (Wildman–Crippen MR) is 173 cm³/mol. The van der Waals surface area contributed by atoms with Crippen LogP contribution in [0, 0.1) is 58.7 Å². The molecule has 0 spiro atoms. The fourth-order valence-electron chi connectivity index (χ4n) is 10.1. The van der Waals surface area contributed by atoms with Gasteiger partial charge >= 0.3 is 6.09 Å². The highest BCUT2D eigenvalue weighted by molar-refractivity contribution is 5.88. The molecule has 0 aliphatic heterocycles. The predicted octanol–water partition coefficient (Wildman–Crippen LogP) is 4.54. The molecule has 0 aromatic heterocycles. The first-order chi connectivity index (χ1) is 21.5. The van der Waals surface area contributed by atoms with Crippen LogP contribution in [0.1, 0.15) is 98.3 Å². The topological polar surface area (TPSA) is 137 Å². The molecule has 0 heterocycles. The lowest BCUT2D eigenvalue weighted by Crippen LogP contribution is -2.64. The third-order valence-corrected chi connectivity index (χ3v) is 12.3. The van der Waals surface area contributed by atoms with E-state index >= 15 is 0 Å². The lowest BCUT2D eigenvalue weighted by atomic mass is 9.43. The van der Waals surface area contributed by atoms with Crippen molar-refractivity contribution in [1.29, 1.82) is 0 Å². The van der Waals surface area contributed by atoms with Gasteiger partial charge in [-0.15, -0.1) is 12.3 Å². The number of allylic oxidation sites excluding steroid dienone is 1. The molecule has 5 N–H and O–H groups in total. The summed E-state index contributed by atoms with van der Waals surface area (Å²) in [7, 11) is 0. The maximum atomic E-state index is 12.6. The summed E-state index contributed by atoms with van der Waals surface area (Å²) in [6, 6.07) is 0. The number of fused-ring (bicyclic) bond motifs is 5. The van der Waals surface area contributed by atoms with Crippen molar-refractivity contribution in [2.75, 3.05) is 19.8 Å². The van der Waals surface area contributed by atoms with E-state index < -0.39 is 24.5 Å². The standard InChI is InChI=1S/C36H58N2O7/c1-6-10-29(38-34(43)45-21-20-44-19-7-2)37-30(40)12-9-8-11-23(3)25-13-14-26-31-27(16-18-35(25,26)4)36(5)17-15-24(39)22-28(36)32(41)33(31)42/h1,9,12,23-29,31-33,39,41-42H,7-8,10-11,13-22H2,2-5H3,(H,37,40)(H,38,43). The van der Waals surface area contributed by atoms with Crippen LogP contribution >= 0.6 is 0 Å². The number of carbonyl (C=O) groups is 2. The van der Waals surface area contributed by atoms with Gasteiger partial charge in [0, 0.05) is 13.0 Å².